The molecule has 1 aliphatic carbocycles. The molecule has 0 spiro atoms. The number of hydrogen-bond donors (Lipinski definition) is 1. The first kappa shape index (κ1) is 24.1. The van der Waals surface area contributed by atoms with Crippen molar-refractivity contribution in [2.45, 2.75) is 71.4 Å². The zero-order valence-electron chi connectivity index (χ0n) is 19.4. The van der Waals surface area contributed by atoms with Gasteiger partial charge in [0.2, 0.25) is 0 Å². The number of fused-ring (bicyclic) bond motifs is 1. The SMILES string of the molecule is CCN(C#N)C(=O)C(Cc1csc2ccccc12)NC(=O)OC1(C)CCCCC1C(C)C. The molecule has 3 rings (SSSR count). The second-order valence-corrected chi connectivity index (χ2v) is 10.1. The lowest BCUT2D eigenvalue weighted by atomic mass is 9.71. The Bertz CT molecular complexity index is 996. The molecule has 2 amide bonds. The van der Waals surface area contributed by atoms with Gasteiger partial charge in [0, 0.05) is 23.6 Å². The smallest absolute Gasteiger partial charge is 0.408 e. The van der Waals surface area contributed by atoms with Crippen LogP contribution in [0.15, 0.2) is 29.6 Å². The molecule has 3 atom stereocenters. The van der Waals surface area contributed by atoms with Gasteiger partial charge in [-0.05, 0) is 61.4 Å². The lowest BCUT2D eigenvalue weighted by Gasteiger charge is -2.43. The van der Waals surface area contributed by atoms with Crippen LogP contribution in [0, 0.1) is 23.3 Å². The number of likely N-dealkylation sites (N-methyl/N-ethyl adjacent to an activating group) is 1. The van der Waals surface area contributed by atoms with Crippen LogP contribution in [0.25, 0.3) is 10.1 Å². The van der Waals surface area contributed by atoms with Gasteiger partial charge in [-0.2, -0.15) is 5.26 Å². The first-order valence-corrected chi connectivity index (χ1v) is 12.3. The highest BCUT2D eigenvalue weighted by Crippen LogP contribution is 2.41. The standard InChI is InChI=1S/C25H33N3O3S/c1-5-28(16-26)23(29)21(14-18-15-32-22-12-7-6-10-19(18)22)27-24(30)31-25(4)13-9-8-11-20(25)17(2)3/h6-7,10,12,15,17,20-21H,5,8-9,11,13-14H2,1-4H3,(H,27,30). The molecule has 0 saturated heterocycles. The second-order valence-electron chi connectivity index (χ2n) is 9.14. The Morgan fingerprint density at radius 2 is 2.09 bits per heavy atom. The molecule has 1 saturated carbocycles. The van der Waals surface area contributed by atoms with Crippen LogP contribution in [0.2, 0.25) is 0 Å². The number of alkyl carbamates (subject to hydrolysis) is 1. The van der Waals surface area contributed by atoms with E-state index in [0.717, 1.165) is 46.2 Å². The Morgan fingerprint density at radius 3 is 2.78 bits per heavy atom. The van der Waals surface area contributed by atoms with E-state index in [-0.39, 0.29) is 12.5 Å². The van der Waals surface area contributed by atoms with Crippen molar-refractivity contribution in [2.24, 2.45) is 11.8 Å². The number of hydrogen-bond acceptors (Lipinski definition) is 5. The van der Waals surface area contributed by atoms with E-state index in [0.29, 0.717) is 12.3 Å². The Balaban J connectivity index is 1.81. The van der Waals surface area contributed by atoms with E-state index in [1.54, 1.807) is 18.3 Å². The van der Waals surface area contributed by atoms with E-state index in [2.05, 4.69) is 19.2 Å². The lowest BCUT2D eigenvalue weighted by molar-refractivity contribution is -0.130. The molecule has 0 bridgehead atoms. The molecule has 172 valence electrons. The molecule has 0 aliphatic heterocycles. The summed E-state index contributed by atoms with van der Waals surface area (Å²) in [6.07, 6.45) is 5.65. The van der Waals surface area contributed by atoms with Crippen LogP contribution < -0.4 is 5.32 Å². The summed E-state index contributed by atoms with van der Waals surface area (Å²) in [5.74, 6) is 0.261. The number of benzene rings is 1. The number of nitrogens with zero attached hydrogens (tertiary/aromatic N) is 2. The van der Waals surface area contributed by atoms with Crippen molar-refractivity contribution in [3.8, 4) is 6.19 Å². The summed E-state index contributed by atoms with van der Waals surface area (Å²) in [5.41, 5.74) is 0.418. The number of rotatable bonds is 7. The van der Waals surface area contributed by atoms with Gasteiger partial charge in [-0.25, -0.2) is 9.69 Å². The van der Waals surface area contributed by atoms with Gasteiger partial charge >= 0.3 is 6.09 Å². The quantitative estimate of drug-likeness (QED) is 0.443. The van der Waals surface area contributed by atoms with Gasteiger partial charge in [0.25, 0.3) is 5.91 Å². The average molecular weight is 456 g/mol. The maximum absolute atomic E-state index is 13.1. The Labute approximate surface area is 194 Å². The minimum absolute atomic E-state index is 0.250. The summed E-state index contributed by atoms with van der Waals surface area (Å²) in [6.45, 7) is 8.32. The van der Waals surface area contributed by atoms with Crippen molar-refractivity contribution in [1.82, 2.24) is 10.2 Å². The first-order chi connectivity index (χ1) is 15.3. The maximum atomic E-state index is 13.1. The third-order valence-corrected chi connectivity index (χ3v) is 7.64. The number of ether oxygens (including phenoxy) is 1. The number of carbonyl (C=O) groups excluding carboxylic acids is 2. The second kappa shape index (κ2) is 10.4. The number of thiophene rings is 1. The van der Waals surface area contributed by atoms with Crippen molar-refractivity contribution >= 4 is 33.4 Å². The predicted octanol–water partition coefficient (Wildman–Crippen LogP) is 5.47. The molecule has 1 aromatic carbocycles. The van der Waals surface area contributed by atoms with Crippen molar-refractivity contribution in [3.05, 3.63) is 35.2 Å². The highest BCUT2D eigenvalue weighted by molar-refractivity contribution is 7.17. The van der Waals surface area contributed by atoms with Crippen molar-refractivity contribution in [2.75, 3.05) is 6.54 Å². The van der Waals surface area contributed by atoms with E-state index in [9.17, 15) is 14.9 Å². The van der Waals surface area contributed by atoms with Crippen LogP contribution in [0.3, 0.4) is 0 Å². The highest BCUT2D eigenvalue weighted by atomic mass is 32.1. The van der Waals surface area contributed by atoms with Gasteiger partial charge in [0.15, 0.2) is 6.19 Å². The van der Waals surface area contributed by atoms with E-state index < -0.39 is 23.6 Å². The third kappa shape index (κ3) is 5.24. The Kier molecular flexibility index (Phi) is 7.78. The first-order valence-electron chi connectivity index (χ1n) is 11.4. The van der Waals surface area contributed by atoms with Crippen LogP contribution in [-0.4, -0.2) is 35.1 Å². The number of carbonyl (C=O) groups is 2. The van der Waals surface area contributed by atoms with E-state index in [1.165, 1.54) is 0 Å². The summed E-state index contributed by atoms with van der Waals surface area (Å²) in [5, 5.41) is 15.3. The fourth-order valence-corrected chi connectivity index (χ4v) is 5.93. The zero-order valence-corrected chi connectivity index (χ0v) is 20.2. The fraction of sp³-hybridized carbons (Fsp3) is 0.560. The van der Waals surface area contributed by atoms with Gasteiger partial charge in [-0.1, -0.05) is 38.5 Å². The fourth-order valence-electron chi connectivity index (χ4n) is 4.95. The minimum atomic E-state index is -0.871. The van der Waals surface area contributed by atoms with Crippen molar-refractivity contribution in [3.63, 3.8) is 0 Å². The Morgan fingerprint density at radius 1 is 1.34 bits per heavy atom. The van der Waals surface area contributed by atoms with Gasteiger partial charge in [0.1, 0.15) is 11.6 Å². The summed E-state index contributed by atoms with van der Waals surface area (Å²) in [6, 6.07) is 7.11. The summed E-state index contributed by atoms with van der Waals surface area (Å²) < 4.78 is 7.11. The number of nitrogens with one attached hydrogen (secondary N) is 1. The molecule has 3 unspecified atom stereocenters. The molecule has 7 heteroatoms. The molecule has 6 nitrogen and oxygen atoms in total. The molecule has 1 aliphatic rings. The van der Waals surface area contributed by atoms with Crippen LogP contribution in [0.1, 0.15) is 58.9 Å². The monoisotopic (exact) mass is 455 g/mol. The summed E-state index contributed by atoms with van der Waals surface area (Å²) in [4.78, 5) is 27.2. The van der Waals surface area contributed by atoms with E-state index in [1.807, 2.05) is 42.8 Å². The predicted molar refractivity (Wildman–Crippen MR) is 127 cm³/mol. The van der Waals surface area contributed by atoms with Crippen LogP contribution in [0.4, 0.5) is 4.79 Å². The van der Waals surface area contributed by atoms with Crippen molar-refractivity contribution in [1.29, 1.82) is 5.26 Å². The van der Waals surface area contributed by atoms with Gasteiger partial charge in [-0.3, -0.25) is 4.79 Å². The molecule has 1 heterocycles. The van der Waals surface area contributed by atoms with Crippen LogP contribution >= 0.6 is 11.3 Å². The van der Waals surface area contributed by atoms with Crippen molar-refractivity contribution < 1.29 is 14.3 Å². The molecule has 32 heavy (non-hydrogen) atoms. The highest BCUT2D eigenvalue weighted by Gasteiger charge is 2.42. The lowest BCUT2D eigenvalue weighted by Crippen LogP contribution is -2.52. The molecular formula is C25H33N3O3S. The third-order valence-electron chi connectivity index (χ3n) is 6.63. The Hall–Kier alpha value is -2.59. The van der Waals surface area contributed by atoms with E-state index >= 15 is 0 Å². The topological polar surface area (TPSA) is 82.4 Å². The van der Waals surface area contributed by atoms with E-state index in [4.69, 9.17) is 4.74 Å². The van der Waals surface area contributed by atoms with Crippen LogP contribution in [0.5, 0.6) is 0 Å². The van der Waals surface area contributed by atoms with Gasteiger partial charge < -0.3 is 10.1 Å². The largest absolute Gasteiger partial charge is 0.443 e. The molecular weight excluding hydrogens is 422 g/mol. The summed E-state index contributed by atoms with van der Waals surface area (Å²) >= 11 is 1.60. The maximum Gasteiger partial charge on any atom is 0.408 e. The van der Waals surface area contributed by atoms with Crippen LogP contribution in [-0.2, 0) is 16.0 Å². The number of nitriles is 1. The van der Waals surface area contributed by atoms with Gasteiger partial charge in [0.05, 0.1) is 0 Å². The zero-order chi connectivity index (χ0) is 23.3. The molecule has 2 aromatic rings. The molecule has 1 aromatic heterocycles. The average Bonchev–Trinajstić information content (AvgIpc) is 3.16. The molecule has 1 N–H and O–H groups in total. The summed E-state index contributed by atoms with van der Waals surface area (Å²) in [7, 11) is 0. The molecule has 1 fully saturated rings. The minimum Gasteiger partial charge on any atom is -0.443 e. The number of amides is 2. The van der Waals surface area contributed by atoms with Gasteiger partial charge in [-0.15, -0.1) is 11.3 Å². The molecule has 0 radical (unpaired) electrons. The normalized spacial score (nSPS) is 21.7.